The molecule has 3 rings (SSSR count). The Balaban J connectivity index is 2.13. The molecule has 0 bridgehead atoms. The Bertz CT molecular complexity index is 755. The quantitative estimate of drug-likeness (QED) is 0.802. The Hall–Kier alpha value is -2.37. The molecule has 1 unspecified atom stereocenters. The predicted molar refractivity (Wildman–Crippen MR) is 87.4 cm³/mol. The number of benzene rings is 1. The third-order valence-electron chi connectivity index (χ3n) is 4.15. The number of hydrogen-bond acceptors (Lipinski definition) is 4. The van der Waals surface area contributed by atoms with Crippen LogP contribution in [0.1, 0.15) is 37.6 Å². The normalized spacial score (nSPS) is 16.6. The van der Waals surface area contributed by atoms with E-state index >= 15 is 0 Å². The molecule has 1 aliphatic heterocycles. The number of hydrogen-bond donors (Lipinski definition) is 0. The van der Waals surface area contributed by atoms with Gasteiger partial charge in [0.05, 0.1) is 6.61 Å². The van der Waals surface area contributed by atoms with E-state index in [0.717, 1.165) is 6.42 Å². The van der Waals surface area contributed by atoms with Gasteiger partial charge in [-0.2, -0.15) is 5.10 Å². The van der Waals surface area contributed by atoms with Crippen LogP contribution in [-0.4, -0.2) is 28.5 Å². The van der Waals surface area contributed by atoms with Gasteiger partial charge in [-0.05, 0) is 25.0 Å². The van der Waals surface area contributed by atoms with Crippen molar-refractivity contribution in [3.05, 3.63) is 35.6 Å². The van der Waals surface area contributed by atoms with Crippen molar-refractivity contribution in [3.63, 3.8) is 0 Å². The molecule has 2 heterocycles. The molecule has 1 aliphatic rings. The largest absolute Gasteiger partial charge is 0.474 e. The number of halogens is 1. The third kappa shape index (κ3) is 2.88. The van der Waals surface area contributed by atoms with Crippen LogP contribution in [-0.2, 0) is 11.3 Å². The molecule has 0 radical (unpaired) electrons. The maximum atomic E-state index is 14.2. The van der Waals surface area contributed by atoms with Crippen molar-refractivity contribution in [2.24, 2.45) is 5.92 Å². The van der Waals surface area contributed by atoms with Gasteiger partial charge in [-0.1, -0.05) is 26.0 Å². The van der Waals surface area contributed by atoms with E-state index in [1.165, 1.54) is 6.07 Å². The van der Waals surface area contributed by atoms with Crippen molar-refractivity contribution in [1.29, 1.82) is 0 Å². The zero-order valence-electron chi connectivity index (χ0n) is 14.1. The molecule has 1 aromatic heterocycles. The average molecular weight is 332 g/mol. The SMILES string of the molecule is CCOC(=O)c1c(-c2ccccc2F)nn2c1OC(C(C)C)CC2. The number of carbonyl (C=O) groups is 1. The van der Waals surface area contributed by atoms with Crippen molar-refractivity contribution in [2.45, 2.75) is 39.8 Å². The Morgan fingerprint density at radius 1 is 1.46 bits per heavy atom. The smallest absolute Gasteiger partial charge is 0.345 e. The first-order chi connectivity index (χ1) is 11.5. The molecular formula is C18H21FN2O3. The Labute approximate surface area is 140 Å². The molecule has 0 N–H and O–H groups in total. The molecule has 0 spiro atoms. The lowest BCUT2D eigenvalue weighted by molar-refractivity contribution is 0.0501. The van der Waals surface area contributed by atoms with Crippen LogP contribution in [0.2, 0.25) is 0 Å². The predicted octanol–water partition coefficient (Wildman–Crippen LogP) is 3.67. The summed E-state index contributed by atoms with van der Waals surface area (Å²) in [5, 5.41) is 4.43. The van der Waals surface area contributed by atoms with Gasteiger partial charge in [-0.3, -0.25) is 0 Å². The molecule has 0 fully saturated rings. The number of rotatable bonds is 4. The van der Waals surface area contributed by atoms with E-state index in [0.29, 0.717) is 18.3 Å². The number of nitrogens with zero attached hydrogens (tertiary/aromatic N) is 2. The van der Waals surface area contributed by atoms with Crippen LogP contribution in [0.5, 0.6) is 5.88 Å². The van der Waals surface area contributed by atoms with E-state index in [9.17, 15) is 9.18 Å². The monoisotopic (exact) mass is 332 g/mol. The highest BCUT2D eigenvalue weighted by atomic mass is 19.1. The molecule has 0 aliphatic carbocycles. The van der Waals surface area contributed by atoms with Crippen molar-refractivity contribution in [1.82, 2.24) is 9.78 Å². The molecule has 1 aromatic carbocycles. The van der Waals surface area contributed by atoms with Crippen LogP contribution in [0, 0.1) is 11.7 Å². The molecule has 128 valence electrons. The van der Waals surface area contributed by atoms with Gasteiger partial charge in [-0.15, -0.1) is 0 Å². The number of ether oxygens (including phenoxy) is 2. The lowest BCUT2D eigenvalue weighted by Crippen LogP contribution is -2.31. The summed E-state index contributed by atoms with van der Waals surface area (Å²) in [6.45, 7) is 6.72. The molecule has 0 saturated carbocycles. The van der Waals surface area contributed by atoms with Crippen LogP contribution >= 0.6 is 0 Å². The maximum absolute atomic E-state index is 14.2. The topological polar surface area (TPSA) is 53.3 Å². The van der Waals surface area contributed by atoms with E-state index < -0.39 is 11.8 Å². The summed E-state index contributed by atoms with van der Waals surface area (Å²) in [6.07, 6.45) is 0.793. The van der Waals surface area contributed by atoms with Crippen LogP contribution in [0.4, 0.5) is 4.39 Å². The first-order valence-electron chi connectivity index (χ1n) is 8.22. The highest BCUT2D eigenvalue weighted by Crippen LogP contribution is 2.36. The second kappa shape index (κ2) is 6.63. The fraction of sp³-hybridized carbons (Fsp3) is 0.444. The highest BCUT2D eigenvalue weighted by Gasteiger charge is 2.33. The van der Waals surface area contributed by atoms with Gasteiger partial charge in [0.2, 0.25) is 5.88 Å². The fourth-order valence-corrected chi connectivity index (χ4v) is 2.87. The number of esters is 1. The molecule has 2 aromatic rings. The Kier molecular flexibility index (Phi) is 4.55. The maximum Gasteiger partial charge on any atom is 0.345 e. The molecule has 24 heavy (non-hydrogen) atoms. The van der Waals surface area contributed by atoms with E-state index in [1.807, 2.05) is 0 Å². The zero-order chi connectivity index (χ0) is 17.3. The summed E-state index contributed by atoms with van der Waals surface area (Å²) >= 11 is 0. The molecular weight excluding hydrogens is 311 g/mol. The Morgan fingerprint density at radius 2 is 2.21 bits per heavy atom. The van der Waals surface area contributed by atoms with Gasteiger partial charge >= 0.3 is 5.97 Å². The highest BCUT2D eigenvalue weighted by molar-refractivity contribution is 5.99. The van der Waals surface area contributed by atoms with Crippen molar-refractivity contribution >= 4 is 5.97 Å². The first kappa shape index (κ1) is 16.5. The van der Waals surface area contributed by atoms with Crippen LogP contribution in [0.25, 0.3) is 11.3 Å². The fourth-order valence-electron chi connectivity index (χ4n) is 2.87. The summed E-state index contributed by atoms with van der Waals surface area (Å²) in [4.78, 5) is 12.5. The lowest BCUT2D eigenvalue weighted by Gasteiger charge is -2.27. The first-order valence-corrected chi connectivity index (χ1v) is 8.22. The number of carbonyl (C=O) groups excluding carboxylic acids is 1. The third-order valence-corrected chi connectivity index (χ3v) is 4.15. The summed E-state index contributed by atoms with van der Waals surface area (Å²) < 4.78 is 27.0. The minimum Gasteiger partial charge on any atom is -0.474 e. The Morgan fingerprint density at radius 3 is 2.88 bits per heavy atom. The van der Waals surface area contributed by atoms with Gasteiger partial charge in [0.1, 0.15) is 23.2 Å². The van der Waals surface area contributed by atoms with Crippen LogP contribution < -0.4 is 4.74 Å². The molecule has 0 saturated heterocycles. The van der Waals surface area contributed by atoms with E-state index in [4.69, 9.17) is 9.47 Å². The van der Waals surface area contributed by atoms with Crippen molar-refractivity contribution in [3.8, 4) is 17.1 Å². The zero-order valence-corrected chi connectivity index (χ0v) is 14.1. The second-order valence-corrected chi connectivity index (χ2v) is 6.14. The molecule has 6 heteroatoms. The standard InChI is InChI=1S/C18H21FN2O3/c1-4-23-18(22)15-16(12-7-5-6-8-13(12)19)20-21-10-9-14(11(2)3)24-17(15)21/h5-8,11,14H,4,9-10H2,1-3H3. The minimum atomic E-state index is -0.540. The summed E-state index contributed by atoms with van der Waals surface area (Å²) in [5.41, 5.74) is 0.741. The van der Waals surface area contributed by atoms with Gasteiger partial charge in [-0.25, -0.2) is 13.9 Å². The second-order valence-electron chi connectivity index (χ2n) is 6.14. The average Bonchev–Trinajstić information content (AvgIpc) is 2.93. The number of aryl methyl sites for hydroxylation is 1. The summed E-state index contributed by atoms with van der Waals surface area (Å²) in [6, 6.07) is 6.26. The molecule has 0 amide bonds. The van der Waals surface area contributed by atoms with Crippen LogP contribution in [0.3, 0.4) is 0 Å². The van der Waals surface area contributed by atoms with Gasteiger partial charge in [0.25, 0.3) is 0 Å². The summed E-state index contributed by atoms with van der Waals surface area (Å²) in [5.74, 6) is -0.294. The van der Waals surface area contributed by atoms with Gasteiger partial charge in [0, 0.05) is 18.5 Å². The van der Waals surface area contributed by atoms with E-state index in [-0.39, 0.29) is 29.5 Å². The number of aromatic nitrogens is 2. The van der Waals surface area contributed by atoms with Crippen molar-refractivity contribution < 1.29 is 18.7 Å². The minimum absolute atomic E-state index is 0.00385. The van der Waals surface area contributed by atoms with Crippen molar-refractivity contribution in [2.75, 3.05) is 6.61 Å². The lowest BCUT2D eigenvalue weighted by atomic mass is 10.0. The number of fused-ring (bicyclic) bond motifs is 1. The van der Waals surface area contributed by atoms with Gasteiger partial charge in [0.15, 0.2) is 0 Å². The van der Waals surface area contributed by atoms with Crippen LogP contribution in [0.15, 0.2) is 24.3 Å². The van der Waals surface area contributed by atoms with E-state index in [1.54, 1.807) is 29.8 Å². The van der Waals surface area contributed by atoms with Gasteiger partial charge < -0.3 is 9.47 Å². The molecule has 1 atom stereocenters. The van der Waals surface area contributed by atoms with E-state index in [2.05, 4.69) is 18.9 Å². The molecule has 5 nitrogen and oxygen atoms in total. The summed E-state index contributed by atoms with van der Waals surface area (Å²) in [7, 11) is 0.